The Labute approximate surface area is 133 Å². The Kier molecular flexibility index (Phi) is 5.01. The first-order valence-electron chi connectivity index (χ1n) is 6.68. The number of nitrogens with two attached hydrogens (primary N) is 1. The van der Waals surface area contributed by atoms with E-state index in [1.165, 1.54) is 0 Å². The third-order valence-electron chi connectivity index (χ3n) is 3.09. The van der Waals surface area contributed by atoms with Gasteiger partial charge in [-0.2, -0.15) is 0 Å². The van der Waals surface area contributed by atoms with Crippen LogP contribution in [-0.2, 0) is 0 Å². The number of hydrogen-bond acceptors (Lipinski definition) is 2. The molecule has 0 aromatic heterocycles. The van der Waals surface area contributed by atoms with Crippen molar-refractivity contribution in [3.8, 4) is 0 Å². The van der Waals surface area contributed by atoms with E-state index in [0.29, 0.717) is 16.3 Å². The Balaban J connectivity index is 2.10. The second-order valence-corrected chi connectivity index (χ2v) is 5.26. The molecular weight excluding hydrogens is 302 g/mol. The van der Waals surface area contributed by atoms with Gasteiger partial charge in [-0.1, -0.05) is 29.8 Å². The lowest BCUT2D eigenvalue weighted by molar-refractivity contribution is 0.0940. The van der Waals surface area contributed by atoms with Crippen LogP contribution in [0.25, 0.3) is 0 Å². The highest BCUT2D eigenvalue weighted by atomic mass is 35.5. The van der Waals surface area contributed by atoms with Crippen molar-refractivity contribution >= 4 is 29.2 Å². The second-order valence-electron chi connectivity index (χ2n) is 4.82. The zero-order valence-corrected chi connectivity index (χ0v) is 12.7. The lowest BCUT2D eigenvalue weighted by Crippen LogP contribution is -2.27. The molecule has 2 aromatic carbocycles. The first-order chi connectivity index (χ1) is 10.5. The number of halogens is 1. The largest absolute Gasteiger partial charge is 0.351 e. The summed E-state index contributed by atoms with van der Waals surface area (Å²) < 4.78 is 0. The van der Waals surface area contributed by atoms with Crippen molar-refractivity contribution in [2.75, 3.05) is 5.32 Å². The Hall–Kier alpha value is -2.53. The first-order valence-corrected chi connectivity index (χ1v) is 7.06. The normalized spacial score (nSPS) is 11.5. The van der Waals surface area contributed by atoms with E-state index in [1.54, 1.807) is 36.4 Å². The minimum absolute atomic E-state index is 0.195. The van der Waals surface area contributed by atoms with Crippen molar-refractivity contribution in [3.05, 3.63) is 64.7 Å². The second kappa shape index (κ2) is 6.95. The predicted molar refractivity (Wildman–Crippen MR) is 87.0 cm³/mol. The minimum atomic E-state index is -0.676. The van der Waals surface area contributed by atoms with Crippen molar-refractivity contribution in [3.63, 3.8) is 0 Å². The molecule has 3 amide bonds. The number of urea groups is 1. The predicted octanol–water partition coefficient (Wildman–Crippen LogP) is 3.32. The highest BCUT2D eigenvalue weighted by Gasteiger charge is 2.12. The van der Waals surface area contributed by atoms with Crippen LogP contribution < -0.4 is 16.4 Å². The number of amides is 3. The summed E-state index contributed by atoms with van der Waals surface area (Å²) in [5.74, 6) is -0.249. The van der Waals surface area contributed by atoms with E-state index in [4.69, 9.17) is 17.3 Å². The van der Waals surface area contributed by atoms with Crippen molar-refractivity contribution in [1.82, 2.24) is 5.32 Å². The van der Waals surface area contributed by atoms with Crippen molar-refractivity contribution in [2.45, 2.75) is 13.0 Å². The number of hydrogen-bond donors (Lipinski definition) is 3. The van der Waals surface area contributed by atoms with Gasteiger partial charge in [0.15, 0.2) is 0 Å². The van der Waals surface area contributed by atoms with Crippen LogP contribution in [0.15, 0.2) is 48.5 Å². The summed E-state index contributed by atoms with van der Waals surface area (Å²) >= 11 is 5.95. The summed E-state index contributed by atoms with van der Waals surface area (Å²) in [6, 6.07) is 13.0. The third-order valence-corrected chi connectivity index (χ3v) is 3.32. The van der Waals surface area contributed by atoms with E-state index >= 15 is 0 Å². The fraction of sp³-hybridized carbons (Fsp3) is 0.125. The number of nitrogens with one attached hydrogen (secondary N) is 2. The van der Waals surface area contributed by atoms with Crippen LogP contribution in [0.5, 0.6) is 0 Å². The summed E-state index contributed by atoms with van der Waals surface area (Å²) in [4.78, 5) is 23.1. The molecule has 0 aliphatic rings. The Morgan fingerprint density at radius 3 is 2.55 bits per heavy atom. The van der Waals surface area contributed by atoms with Gasteiger partial charge in [-0.3, -0.25) is 4.79 Å². The van der Waals surface area contributed by atoms with E-state index in [0.717, 1.165) is 5.56 Å². The van der Waals surface area contributed by atoms with Gasteiger partial charge in [-0.15, -0.1) is 0 Å². The van der Waals surface area contributed by atoms with Gasteiger partial charge in [0.25, 0.3) is 5.91 Å². The lowest BCUT2D eigenvalue weighted by atomic mass is 10.1. The van der Waals surface area contributed by atoms with Gasteiger partial charge >= 0.3 is 6.03 Å². The molecule has 0 spiro atoms. The summed E-state index contributed by atoms with van der Waals surface area (Å²) in [6.45, 7) is 1.87. The zero-order chi connectivity index (χ0) is 16.1. The minimum Gasteiger partial charge on any atom is -0.351 e. The summed E-state index contributed by atoms with van der Waals surface area (Å²) in [5.41, 5.74) is 6.87. The van der Waals surface area contributed by atoms with Crippen LogP contribution in [0.1, 0.15) is 28.9 Å². The zero-order valence-electron chi connectivity index (χ0n) is 12.0. The molecule has 0 saturated carbocycles. The van der Waals surface area contributed by atoms with E-state index in [2.05, 4.69) is 10.6 Å². The van der Waals surface area contributed by atoms with Crippen LogP contribution in [0.2, 0.25) is 5.02 Å². The molecule has 4 N–H and O–H groups in total. The molecule has 0 aliphatic carbocycles. The van der Waals surface area contributed by atoms with Crippen molar-refractivity contribution < 1.29 is 9.59 Å². The molecule has 0 aliphatic heterocycles. The molecular formula is C16H16ClN3O2. The fourth-order valence-electron chi connectivity index (χ4n) is 2.02. The molecule has 0 heterocycles. The Morgan fingerprint density at radius 1 is 1.14 bits per heavy atom. The quantitative estimate of drug-likeness (QED) is 0.808. The maximum atomic E-state index is 12.3. The maximum Gasteiger partial charge on any atom is 0.316 e. The molecule has 0 bridgehead atoms. The van der Waals surface area contributed by atoms with Gasteiger partial charge in [0.05, 0.1) is 6.04 Å². The smallest absolute Gasteiger partial charge is 0.316 e. The average Bonchev–Trinajstić information content (AvgIpc) is 2.46. The van der Waals surface area contributed by atoms with E-state index < -0.39 is 6.03 Å². The monoisotopic (exact) mass is 317 g/mol. The summed E-state index contributed by atoms with van der Waals surface area (Å²) in [5, 5.41) is 5.93. The number of rotatable bonds is 4. The molecule has 114 valence electrons. The first kappa shape index (κ1) is 15.9. The van der Waals surface area contributed by atoms with Crippen LogP contribution in [0, 0.1) is 0 Å². The summed E-state index contributed by atoms with van der Waals surface area (Å²) in [7, 11) is 0. The molecule has 1 atom stereocenters. The topological polar surface area (TPSA) is 84.2 Å². The van der Waals surface area contributed by atoms with Gasteiger partial charge < -0.3 is 16.4 Å². The molecule has 2 aromatic rings. The summed E-state index contributed by atoms with van der Waals surface area (Å²) in [6.07, 6.45) is 0. The van der Waals surface area contributed by atoms with Crippen molar-refractivity contribution in [1.29, 1.82) is 0 Å². The van der Waals surface area contributed by atoms with Crippen LogP contribution >= 0.6 is 11.6 Å². The number of anilines is 1. The molecule has 0 saturated heterocycles. The van der Waals surface area contributed by atoms with E-state index in [1.807, 2.05) is 19.1 Å². The van der Waals surface area contributed by atoms with Crippen LogP contribution in [-0.4, -0.2) is 11.9 Å². The van der Waals surface area contributed by atoms with Gasteiger partial charge in [0, 0.05) is 16.3 Å². The Bertz CT molecular complexity index is 703. The van der Waals surface area contributed by atoms with Gasteiger partial charge in [0.1, 0.15) is 0 Å². The van der Waals surface area contributed by atoms with Crippen molar-refractivity contribution in [2.24, 2.45) is 5.73 Å². The van der Waals surface area contributed by atoms with Gasteiger partial charge in [-0.25, -0.2) is 4.79 Å². The number of benzene rings is 2. The number of carbonyl (C=O) groups is 2. The Morgan fingerprint density at radius 2 is 1.86 bits per heavy atom. The molecule has 2 rings (SSSR count). The molecule has 0 fully saturated rings. The van der Waals surface area contributed by atoms with E-state index in [9.17, 15) is 9.59 Å². The fourth-order valence-corrected chi connectivity index (χ4v) is 2.22. The molecule has 0 radical (unpaired) electrons. The maximum absolute atomic E-state index is 12.3. The van der Waals surface area contributed by atoms with E-state index in [-0.39, 0.29) is 11.9 Å². The third kappa shape index (κ3) is 4.23. The molecule has 6 heteroatoms. The standard InChI is InChI=1S/C16H16ClN3O2/c1-10(11-4-2-6-13(17)8-11)19-15(21)12-5-3-7-14(9-12)20-16(18)22/h2-10H,1H3,(H,19,21)(H3,18,20,22). The SMILES string of the molecule is CC(NC(=O)c1cccc(NC(N)=O)c1)c1cccc(Cl)c1. The molecule has 22 heavy (non-hydrogen) atoms. The average molecular weight is 318 g/mol. The number of primary amides is 1. The van der Waals surface area contributed by atoms with Gasteiger partial charge in [0.2, 0.25) is 0 Å². The highest BCUT2D eigenvalue weighted by molar-refractivity contribution is 6.30. The van der Waals surface area contributed by atoms with Crippen LogP contribution in [0.4, 0.5) is 10.5 Å². The highest BCUT2D eigenvalue weighted by Crippen LogP contribution is 2.18. The van der Waals surface area contributed by atoms with Crippen LogP contribution in [0.3, 0.4) is 0 Å². The lowest BCUT2D eigenvalue weighted by Gasteiger charge is -2.15. The molecule has 5 nitrogen and oxygen atoms in total. The number of carbonyl (C=O) groups excluding carboxylic acids is 2. The molecule has 1 unspecified atom stereocenters. The van der Waals surface area contributed by atoms with Gasteiger partial charge in [-0.05, 0) is 42.8 Å².